The first-order valence-corrected chi connectivity index (χ1v) is 6.09. The summed E-state index contributed by atoms with van der Waals surface area (Å²) in [6.07, 6.45) is -0.0997. The topological polar surface area (TPSA) is 17.1 Å². The van der Waals surface area contributed by atoms with E-state index in [2.05, 4.69) is 0 Å². The lowest BCUT2D eigenvalue weighted by molar-refractivity contribution is 0.0991. The van der Waals surface area contributed by atoms with Gasteiger partial charge in [-0.25, -0.2) is 8.78 Å². The first-order chi connectivity index (χ1) is 8.99. The van der Waals surface area contributed by atoms with E-state index in [0.29, 0.717) is 11.1 Å². The highest BCUT2D eigenvalue weighted by molar-refractivity contribution is 6.30. The van der Waals surface area contributed by atoms with Gasteiger partial charge in [0.25, 0.3) is 0 Å². The number of hydrogen-bond acceptors (Lipinski definition) is 1. The molecule has 0 heterocycles. The van der Waals surface area contributed by atoms with Gasteiger partial charge < -0.3 is 0 Å². The van der Waals surface area contributed by atoms with Crippen molar-refractivity contribution in [2.45, 2.75) is 13.3 Å². The summed E-state index contributed by atoms with van der Waals surface area (Å²) in [6.45, 7) is 1.58. The zero-order chi connectivity index (χ0) is 14.0. The molecule has 2 aromatic rings. The van der Waals surface area contributed by atoms with Crippen LogP contribution in [0.4, 0.5) is 8.78 Å². The molecule has 0 saturated carbocycles. The molecule has 0 N–H and O–H groups in total. The summed E-state index contributed by atoms with van der Waals surface area (Å²) in [5.41, 5.74) is 0.982. The van der Waals surface area contributed by atoms with Gasteiger partial charge in [0.1, 0.15) is 11.6 Å². The summed E-state index contributed by atoms with van der Waals surface area (Å²) in [7, 11) is 0. The smallest absolute Gasteiger partial charge is 0.167 e. The molecule has 98 valence electrons. The molecule has 0 aliphatic heterocycles. The second kappa shape index (κ2) is 5.49. The molecule has 0 fully saturated rings. The maximum atomic E-state index is 13.7. The number of Topliss-reactive ketones (excluding diaryl/α,β-unsaturated/α-hetero) is 1. The van der Waals surface area contributed by atoms with Crippen LogP contribution in [0.1, 0.15) is 21.5 Å². The number of carbonyl (C=O) groups is 1. The van der Waals surface area contributed by atoms with Gasteiger partial charge in [-0.3, -0.25) is 4.79 Å². The number of aryl methyl sites for hydroxylation is 1. The number of ketones is 1. The van der Waals surface area contributed by atoms with Gasteiger partial charge in [0.15, 0.2) is 5.78 Å². The third kappa shape index (κ3) is 2.99. The minimum absolute atomic E-state index is 0.0133. The van der Waals surface area contributed by atoms with E-state index in [1.807, 2.05) is 0 Å². The Morgan fingerprint density at radius 1 is 1.21 bits per heavy atom. The Morgan fingerprint density at radius 2 is 1.95 bits per heavy atom. The number of halogens is 3. The molecule has 4 heteroatoms. The summed E-state index contributed by atoms with van der Waals surface area (Å²) in [5, 5.41) is -0.0133. The van der Waals surface area contributed by atoms with E-state index in [1.165, 1.54) is 30.3 Å². The van der Waals surface area contributed by atoms with Crippen molar-refractivity contribution < 1.29 is 13.6 Å². The fourth-order valence-electron chi connectivity index (χ4n) is 1.78. The highest BCUT2D eigenvalue weighted by Gasteiger charge is 2.13. The lowest BCUT2D eigenvalue weighted by atomic mass is 10.0. The van der Waals surface area contributed by atoms with Crippen LogP contribution in [0.15, 0.2) is 36.4 Å². The van der Waals surface area contributed by atoms with Gasteiger partial charge in [0.2, 0.25) is 0 Å². The van der Waals surface area contributed by atoms with E-state index >= 15 is 0 Å². The molecule has 0 aliphatic carbocycles. The maximum absolute atomic E-state index is 13.7. The highest BCUT2D eigenvalue weighted by Crippen LogP contribution is 2.20. The van der Waals surface area contributed by atoms with Gasteiger partial charge in [-0.1, -0.05) is 23.7 Å². The molecule has 0 radical (unpaired) electrons. The zero-order valence-electron chi connectivity index (χ0n) is 10.2. The Morgan fingerprint density at radius 3 is 2.63 bits per heavy atom. The Kier molecular flexibility index (Phi) is 3.96. The fraction of sp³-hybridized carbons (Fsp3) is 0.133. The van der Waals surface area contributed by atoms with Gasteiger partial charge in [0, 0.05) is 12.0 Å². The van der Waals surface area contributed by atoms with Crippen molar-refractivity contribution >= 4 is 17.4 Å². The quantitative estimate of drug-likeness (QED) is 0.764. The van der Waals surface area contributed by atoms with Crippen molar-refractivity contribution in [2.24, 2.45) is 0 Å². The Bertz CT molecular complexity index is 638. The molecule has 0 bridgehead atoms. The van der Waals surface area contributed by atoms with Crippen molar-refractivity contribution in [3.05, 3.63) is 69.7 Å². The molecule has 2 aromatic carbocycles. The molecule has 2 rings (SSSR count). The molecule has 0 atom stereocenters. The molecule has 0 spiro atoms. The monoisotopic (exact) mass is 280 g/mol. The van der Waals surface area contributed by atoms with Gasteiger partial charge >= 0.3 is 0 Å². The number of hydrogen-bond donors (Lipinski definition) is 0. The molecule has 0 amide bonds. The third-order valence-electron chi connectivity index (χ3n) is 2.86. The van der Waals surface area contributed by atoms with Crippen LogP contribution < -0.4 is 0 Å². The SMILES string of the molecule is Cc1cc(C(=O)Cc2cccc(Cl)c2F)ccc1F. The summed E-state index contributed by atoms with van der Waals surface area (Å²) in [4.78, 5) is 12.0. The van der Waals surface area contributed by atoms with E-state index in [0.717, 1.165) is 0 Å². The van der Waals surface area contributed by atoms with Crippen LogP contribution in [0.5, 0.6) is 0 Å². The predicted molar refractivity (Wildman–Crippen MR) is 70.6 cm³/mol. The van der Waals surface area contributed by atoms with Gasteiger partial charge in [-0.2, -0.15) is 0 Å². The summed E-state index contributed by atoms with van der Waals surface area (Å²) < 4.78 is 26.8. The third-order valence-corrected chi connectivity index (χ3v) is 3.15. The minimum atomic E-state index is -0.587. The number of carbonyl (C=O) groups excluding carboxylic acids is 1. The second-order valence-electron chi connectivity index (χ2n) is 4.28. The Labute approximate surface area is 114 Å². The van der Waals surface area contributed by atoms with Crippen LogP contribution in [0.2, 0.25) is 5.02 Å². The van der Waals surface area contributed by atoms with Gasteiger partial charge in [-0.05, 0) is 42.3 Å². The van der Waals surface area contributed by atoms with Crippen LogP contribution in [-0.4, -0.2) is 5.78 Å². The number of rotatable bonds is 3. The van der Waals surface area contributed by atoms with Crippen molar-refractivity contribution in [3.63, 3.8) is 0 Å². The molecule has 0 aromatic heterocycles. The van der Waals surface area contributed by atoms with E-state index in [-0.39, 0.29) is 28.6 Å². The molecule has 0 unspecified atom stereocenters. The lowest BCUT2D eigenvalue weighted by Gasteiger charge is -2.05. The molecular formula is C15H11ClF2O. The van der Waals surface area contributed by atoms with Gasteiger partial charge in [0.05, 0.1) is 5.02 Å². The largest absolute Gasteiger partial charge is 0.294 e. The van der Waals surface area contributed by atoms with Crippen LogP contribution >= 0.6 is 11.6 Å². The van der Waals surface area contributed by atoms with Gasteiger partial charge in [-0.15, -0.1) is 0 Å². The summed E-state index contributed by atoms with van der Waals surface area (Å²) in [5.74, 6) is -1.23. The first-order valence-electron chi connectivity index (χ1n) is 5.71. The van der Waals surface area contributed by atoms with E-state index in [1.54, 1.807) is 13.0 Å². The molecule has 19 heavy (non-hydrogen) atoms. The number of benzene rings is 2. The zero-order valence-corrected chi connectivity index (χ0v) is 11.0. The molecular weight excluding hydrogens is 270 g/mol. The highest BCUT2D eigenvalue weighted by atomic mass is 35.5. The van der Waals surface area contributed by atoms with Crippen molar-refractivity contribution in [2.75, 3.05) is 0 Å². The lowest BCUT2D eigenvalue weighted by Crippen LogP contribution is -2.06. The van der Waals surface area contributed by atoms with E-state index in [4.69, 9.17) is 11.6 Å². The standard InChI is InChI=1S/C15H11ClF2O/c1-9-7-10(5-6-13(9)17)14(19)8-11-3-2-4-12(16)15(11)18/h2-7H,8H2,1H3. The fourth-order valence-corrected chi connectivity index (χ4v) is 1.97. The van der Waals surface area contributed by atoms with Crippen LogP contribution in [-0.2, 0) is 6.42 Å². The van der Waals surface area contributed by atoms with Crippen molar-refractivity contribution in [1.29, 1.82) is 0 Å². The van der Waals surface area contributed by atoms with Crippen molar-refractivity contribution in [1.82, 2.24) is 0 Å². The molecule has 0 aliphatic rings. The van der Waals surface area contributed by atoms with Crippen LogP contribution in [0, 0.1) is 18.6 Å². The summed E-state index contributed by atoms with van der Waals surface area (Å²) >= 11 is 5.65. The average molecular weight is 281 g/mol. The summed E-state index contributed by atoms with van der Waals surface area (Å²) in [6, 6.07) is 8.61. The Hall–Kier alpha value is -1.74. The molecule has 0 saturated heterocycles. The normalized spacial score (nSPS) is 10.5. The minimum Gasteiger partial charge on any atom is -0.294 e. The average Bonchev–Trinajstić information content (AvgIpc) is 2.38. The van der Waals surface area contributed by atoms with E-state index < -0.39 is 5.82 Å². The maximum Gasteiger partial charge on any atom is 0.167 e. The first kappa shape index (κ1) is 13.7. The van der Waals surface area contributed by atoms with Crippen LogP contribution in [0.3, 0.4) is 0 Å². The second-order valence-corrected chi connectivity index (χ2v) is 4.68. The Balaban J connectivity index is 2.26. The molecule has 1 nitrogen and oxygen atoms in total. The van der Waals surface area contributed by atoms with Crippen LogP contribution in [0.25, 0.3) is 0 Å². The predicted octanol–water partition coefficient (Wildman–Crippen LogP) is 4.35. The van der Waals surface area contributed by atoms with Crippen molar-refractivity contribution in [3.8, 4) is 0 Å². The van der Waals surface area contributed by atoms with E-state index in [9.17, 15) is 13.6 Å².